The summed E-state index contributed by atoms with van der Waals surface area (Å²) in [5, 5.41) is 9.68. The lowest BCUT2D eigenvalue weighted by atomic mass is 10.0. The minimum atomic E-state index is -4.00. The van der Waals surface area contributed by atoms with Gasteiger partial charge in [-0.25, -0.2) is 4.98 Å². The lowest BCUT2D eigenvalue weighted by Crippen LogP contribution is -2.15. The highest BCUT2D eigenvalue weighted by molar-refractivity contribution is 7.90. The molecule has 166 valence electrons. The average Bonchev–Trinajstić information content (AvgIpc) is 3.48. The van der Waals surface area contributed by atoms with Gasteiger partial charge in [0.05, 0.1) is 17.4 Å². The van der Waals surface area contributed by atoms with Crippen molar-refractivity contribution in [3.05, 3.63) is 82.1 Å². The number of aromatic nitrogens is 3. The van der Waals surface area contributed by atoms with Crippen LogP contribution >= 0.6 is 22.9 Å². The molecule has 3 heterocycles. The van der Waals surface area contributed by atoms with Crippen molar-refractivity contribution in [2.45, 2.75) is 11.8 Å². The molecule has 0 fully saturated rings. The van der Waals surface area contributed by atoms with Gasteiger partial charge in [-0.2, -0.15) is 24.9 Å². The van der Waals surface area contributed by atoms with Gasteiger partial charge < -0.3 is 4.74 Å². The molecule has 9 heteroatoms. The van der Waals surface area contributed by atoms with E-state index in [1.807, 2.05) is 29.8 Å². The predicted octanol–water partition coefficient (Wildman–Crippen LogP) is 6.03. The fourth-order valence-corrected chi connectivity index (χ4v) is 5.76. The van der Waals surface area contributed by atoms with Gasteiger partial charge in [-0.3, -0.25) is 0 Å². The number of hydrogen-bond donors (Lipinski definition) is 0. The number of halogens is 1. The molecule has 33 heavy (non-hydrogen) atoms. The largest absolute Gasteiger partial charge is 0.496 e. The number of aryl methyl sites for hydroxylation is 1. The molecule has 0 unspecified atom stereocenters. The van der Waals surface area contributed by atoms with Crippen LogP contribution in [-0.2, 0) is 10.0 Å². The number of ether oxygens (including phenoxy) is 1. The van der Waals surface area contributed by atoms with E-state index in [2.05, 4.69) is 10.1 Å². The van der Waals surface area contributed by atoms with Crippen LogP contribution in [0.15, 0.2) is 76.4 Å². The second-order valence-corrected chi connectivity index (χ2v) is 10.4. The molecule has 0 saturated heterocycles. The van der Waals surface area contributed by atoms with Crippen molar-refractivity contribution in [1.29, 1.82) is 0 Å². The maximum Gasteiger partial charge on any atom is 0.284 e. The first-order chi connectivity index (χ1) is 15.9. The van der Waals surface area contributed by atoms with Crippen molar-refractivity contribution in [3.63, 3.8) is 0 Å². The van der Waals surface area contributed by atoms with E-state index in [4.69, 9.17) is 16.3 Å². The fraction of sp³-hybridized carbons (Fsp3) is 0.0833. The molecule has 0 spiro atoms. The molecule has 0 atom stereocenters. The van der Waals surface area contributed by atoms with Crippen molar-refractivity contribution in [2.24, 2.45) is 0 Å². The van der Waals surface area contributed by atoms with Gasteiger partial charge in [0.1, 0.15) is 11.4 Å². The third-order valence-electron chi connectivity index (χ3n) is 5.34. The summed E-state index contributed by atoms with van der Waals surface area (Å²) < 4.78 is 33.8. The Morgan fingerprint density at radius 1 is 1.03 bits per heavy atom. The van der Waals surface area contributed by atoms with Gasteiger partial charge in [0, 0.05) is 16.8 Å². The van der Waals surface area contributed by atoms with Crippen LogP contribution in [0.4, 0.5) is 0 Å². The smallest absolute Gasteiger partial charge is 0.284 e. The van der Waals surface area contributed by atoms with Crippen LogP contribution in [0, 0.1) is 6.92 Å². The Morgan fingerprint density at radius 3 is 2.52 bits per heavy atom. The van der Waals surface area contributed by atoms with Crippen LogP contribution in [0.5, 0.6) is 5.75 Å². The number of fused-ring (bicyclic) bond motifs is 1. The predicted molar refractivity (Wildman–Crippen MR) is 132 cm³/mol. The summed E-state index contributed by atoms with van der Waals surface area (Å²) in [6, 6.07) is 15.7. The highest BCUT2D eigenvalue weighted by Gasteiger charge is 2.27. The molecule has 0 amide bonds. The Balaban J connectivity index is 1.87. The second-order valence-electron chi connectivity index (χ2n) is 7.42. The summed E-state index contributed by atoms with van der Waals surface area (Å²) in [5.41, 5.74) is 4.06. The van der Waals surface area contributed by atoms with Crippen LogP contribution in [-0.4, -0.2) is 29.7 Å². The molecule has 0 radical (unpaired) electrons. The van der Waals surface area contributed by atoms with Crippen LogP contribution in [0.2, 0.25) is 5.02 Å². The SMILES string of the molecule is COc1cc(Cl)ccc1-c1nn(S(=O)(=O)c2ccc(C)cc2)c2nccc(-c3ccsc3)c12. The molecule has 0 saturated carbocycles. The Morgan fingerprint density at radius 2 is 1.82 bits per heavy atom. The zero-order valence-corrected chi connectivity index (χ0v) is 20.1. The van der Waals surface area contributed by atoms with Crippen molar-refractivity contribution in [3.8, 4) is 28.1 Å². The van der Waals surface area contributed by atoms with E-state index in [-0.39, 0.29) is 10.5 Å². The molecule has 5 rings (SSSR count). The van der Waals surface area contributed by atoms with Crippen LogP contribution in [0.1, 0.15) is 5.56 Å². The van der Waals surface area contributed by atoms with Crippen molar-refractivity contribution in [2.75, 3.05) is 7.11 Å². The highest BCUT2D eigenvalue weighted by Crippen LogP contribution is 2.40. The number of benzene rings is 2. The van der Waals surface area contributed by atoms with Crippen LogP contribution < -0.4 is 4.74 Å². The van der Waals surface area contributed by atoms with E-state index < -0.39 is 10.0 Å². The molecular formula is C24H18ClN3O3S2. The summed E-state index contributed by atoms with van der Waals surface area (Å²) in [4.78, 5) is 4.57. The van der Waals surface area contributed by atoms with Crippen molar-refractivity contribution < 1.29 is 13.2 Å². The average molecular weight is 496 g/mol. The van der Waals surface area contributed by atoms with Gasteiger partial charge in [-0.05, 0) is 71.3 Å². The third-order valence-corrected chi connectivity index (χ3v) is 7.83. The summed E-state index contributed by atoms with van der Waals surface area (Å²) >= 11 is 7.73. The molecule has 0 bridgehead atoms. The van der Waals surface area contributed by atoms with E-state index in [0.29, 0.717) is 27.4 Å². The Hall–Kier alpha value is -3.20. The van der Waals surface area contributed by atoms with E-state index in [1.165, 1.54) is 7.11 Å². The van der Waals surface area contributed by atoms with Crippen molar-refractivity contribution in [1.82, 2.24) is 14.2 Å². The molecule has 6 nitrogen and oxygen atoms in total. The molecule has 0 aliphatic carbocycles. The number of pyridine rings is 1. The molecule has 3 aromatic heterocycles. The van der Waals surface area contributed by atoms with Crippen LogP contribution in [0.3, 0.4) is 0 Å². The summed E-state index contributed by atoms with van der Waals surface area (Å²) in [6.07, 6.45) is 1.60. The van der Waals surface area contributed by atoms with Gasteiger partial charge in [-0.15, -0.1) is 4.09 Å². The number of methoxy groups -OCH3 is 1. The molecule has 5 aromatic rings. The van der Waals surface area contributed by atoms with Crippen molar-refractivity contribution >= 4 is 44.0 Å². The number of rotatable bonds is 5. The van der Waals surface area contributed by atoms with E-state index in [9.17, 15) is 8.42 Å². The summed E-state index contributed by atoms with van der Waals surface area (Å²) in [6.45, 7) is 1.90. The molecular weight excluding hydrogens is 478 g/mol. The Labute approximate surface area is 200 Å². The Bertz CT molecular complexity index is 1580. The highest BCUT2D eigenvalue weighted by atomic mass is 35.5. The normalized spacial score (nSPS) is 11.7. The summed E-state index contributed by atoms with van der Waals surface area (Å²) in [7, 11) is -2.47. The standard InChI is InChI=1S/C24H18ClN3O3S2/c1-15-3-6-18(7-4-15)33(29,30)28-24-22(19(9-11-26-24)16-10-12-32-14-16)23(27-28)20-8-5-17(25)13-21(20)31-2/h3-14H,1-2H3. The zero-order valence-electron chi connectivity index (χ0n) is 17.7. The third kappa shape index (κ3) is 3.70. The lowest BCUT2D eigenvalue weighted by Gasteiger charge is -2.08. The maximum absolute atomic E-state index is 13.6. The topological polar surface area (TPSA) is 74.1 Å². The molecule has 0 aliphatic heterocycles. The van der Waals surface area contributed by atoms with Gasteiger partial charge in [0.15, 0.2) is 5.65 Å². The van der Waals surface area contributed by atoms with E-state index in [1.54, 1.807) is 60.0 Å². The first-order valence-electron chi connectivity index (χ1n) is 9.96. The zero-order chi connectivity index (χ0) is 23.2. The number of thiophene rings is 1. The fourth-order valence-electron chi connectivity index (χ4n) is 3.70. The first-order valence-corrected chi connectivity index (χ1v) is 12.7. The first kappa shape index (κ1) is 21.6. The van der Waals surface area contributed by atoms with Crippen LogP contribution in [0.25, 0.3) is 33.4 Å². The molecule has 0 N–H and O–H groups in total. The minimum Gasteiger partial charge on any atom is -0.496 e. The second kappa shape index (κ2) is 8.30. The van der Waals surface area contributed by atoms with Gasteiger partial charge >= 0.3 is 0 Å². The monoisotopic (exact) mass is 495 g/mol. The number of nitrogens with zero attached hydrogens (tertiary/aromatic N) is 3. The number of hydrogen-bond acceptors (Lipinski definition) is 6. The summed E-state index contributed by atoms with van der Waals surface area (Å²) in [5.74, 6) is 0.488. The van der Waals surface area contributed by atoms with Gasteiger partial charge in [-0.1, -0.05) is 29.3 Å². The van der Waals surface area contributed by atoms with Gasteiger partial charge in [0.2, 0.25) is 0 Å². The Kier molecular flexibility index (Phi) is 5.44. The van der Waals surface area contributed by atoms with E-state index >= 15 is 0 Å². The van der Waals surface area contributed by atoms with Gasteiger partial charge in [0.25, 0.3) is 10.0 Å². The minimum absolute atomic E-state index is 0.134. The maximum atomic E-state index is 13.6. The molecule has 2 aromatic carbocycles. The quantitative estimate of drug-likeness (QED) is 0.297. The lowest BCUT2D eigenvalue weighted by molar-refractivity contribution is 0.416. The van der Waals surface area contributed by atoms with E-state index in [0.717, 1.165) is 20.8 Å². The molecule has 0 aliphatic rings.